The van der Waals surface area contributed by atoms with Crippen molar-refractivity contribution in [3.63, 3.8) is 0 Å². The molecular weight excluding hydrogens is 506 g/mol. The van der Waals surface area contributed by atoms with Crippen LogP contribution in [0, 0.1) is 5.82 Å². The van der Waals surface area contributed by atoms with Crippen molar-refractivity contribution >= 4 is 23.4 Å². The first-order valence-electron chi connectivity index (χ1n) is 12.1. The van der Waals surface area contributed by atoms with Crippen molar-refractivity contribution in [3.8, 4) is 11.1 Å². The molecule has 0 radical (unpaired) electrons. The first kappa shape index (κ1) is 25.6. The Bertz CT molecular complexity index is 1360. The number of hydrogen-bond donors (Lipinski definition) is 1. The first-order valence-corrected chi connectivity index (χ1v) is 12.1. The summed E-state index contributed by atoms with van der Waals surface area (Å²) in [5.74, 6) is -0.752. The van der Waals surface area contributed by atoms with E-state index >= 15 is 4.39 Å². The number of amides is 2. The molecule has 0 spiro atoms. The Morgan fingerprint density at radius 3 is 2.71 bits per heavy atom. The van der Waals surface area contributed by atoms with Gasteiger partial charge in [0.1, 0.15) is 11.9 Å². The molecule has 200 valence electrons. The lowest BCUT2D eigenvalue weighted by molar-refractivity contribution is -0.137. The number of alkyl halides is 3. The molecule has 1 N–H and O–H groups in total. The van der Waals surface area contributed by atoms with Crippen molar-refractivity contribution in [2.24, 2.45) is 0 Å². The molecule has 12 heteroatoms. The van der Waals surface area contributed by atoms with Gasteiger partial charge in [0, 0.05) is 31.8 Å². The average Bonchev–Trinajstić information content (AvgIpc) is 3.62. The summed E-state index contributed by atoms with van der Waals surface area (Å²) < 4.78 is 62.3. The van der Waals surface area contributed by atoms with Gasteiger partial charge in [-0.3, -0.25) is 14.4 Å². The highest BCUT2D eigenvalue weighted by Crippen LogP contribution is 2.38. The Balaban J connectivity index is 1.27. The molecule has 0 saturated carbocycles. The van der Waals surface area contributed by atoms with E-state index in [-0.39, 0.29) is 30.6 Å². The van der Waals surface area contributed by atoms with Gasteiger partial charge in [-0.05, 0) is 36.2 Å². The van der Waals surface area contributed by atoms with E-state index in [9.17, 15) is 22.8 Å². The van der Waals surface area contributed by atoms with Crippen LogP contribution < -0.4 is 15.1 Å². The predicted molar refractivity (Wildman–Crippen MR) is 131 cm³/mol. The van der Waals surface area contributed by atoms with Crippen molar-refractivity contribution < 1.29 is 31.9 Å². The minimum Gasteiger partial charge on any atom is -0.442 e. The number of aromatic nitrogens is 2. The van der Waals surface area contributed by atoms with Crippen LogP contribution >= 0.6 is 0 Å². The number of rotatable bonds is 6. The summed E-state index contributed by atoms with van der Waals surface area (Å²) in [5.41, 5.74) is 0.396. The van der Waals surface area contributed by atoms with Crippen LogP contribution in [-0.2, 0) is 15.7 Å². The average molecular weight is 532 g/mol. The van der Waals surface area contributed by atoms with Crippen molar-refractivity contribution in [2.75, 3.05) is 36.0 Å². The van der Waals surface area contributed by atoms with Gasteiger partial charge in [0.15, 0.2) is 0 Å². The number of halogens is 4. The molecule has 1 unspecified atom stereocenters. The van der Waals surface area contributed by atoms with E-state index in [0.717, 1.165) is 6.07 Å². The number of carbonyl (C=O) groups excluding carboxylic acids is 2. The molecule has 2 atom stereocenters. The Kier molecular flexibility index (Phi) is 6.72. The highest BCUT2D eigenvalue weighted by Gasteiger charge is 2.35. The van der Waals surface area contributed by atoms with Gasteiger partial charge in [-0.1, -0.05) is 18.2 Å². The zero-order chi connectivity index (χ0) is 27.0. The highest BCUT2D eigenvalue weighted by molar-refractivity contribution is 5.90. The maximum atomic E-state index is 15.1. The highest BCUT2D eigenvalue weighted by atomic mass is 19.4. The van der Waals surface area contributed by atoms with Crippen molar-refractivity contribution in [2.45, 2.75) is 31.7 Å². The van der Waals surface area contributed by atoms with Crippen LogP contribution in [0.4, 0.5) is 33.7 Å². The zero-order valence-electron chi connectivity index (χ0n) is 20.4. The van der Waals surface area contributed by atoms with Crippen LogP contribution in [0.25, 0.3) is 11.1 Å². The fourth-order valence-corrected chi connectivity index (χ4v) is 4.85. The van der Waals surface area contributed by atoms with E-state index in [2.05, 4.69) is 10.4 Å². The topological polar surface area (TPSA) is 79.7 Å². The molecule has 0 bridgehead atoms. The molecular formula is C26H25F4N5O3. The maximum absolute atomic E-state index is 15.1. The molecule has 8 nitrogen and oxygen atoms in total. The number of cyclic esters (lactones) is 1. The monoisotopic (exact) mass is 531 g/mol. The largest absolute Gasteiger partial charge is 0.442 e. The second-order valence-corrected chi connectivity index (χ2v) is 9.33. The molecule has 38 heavy (non-hydrogen) atoms. The van der Waals surface area contributed by atoms with Crippen LogP contribution in [0.3, 0.4) is 0 Å². The minimum atomic E-state index is -4.48. The number of benzene rings is 2. The Morgan fingerprint density at radius 2 is 1.97 bits per heavy atom. The number of nitrogens with zero attached hydrogens (tertiary/aromatic N) is 4. The van der Waals surface area contributed by atoms with E-state index in [4.69, 9.17) is 4.74 Å². The fourth-order valence-electron chi connectivity index (χ4n) is 4.85. The molecule has 2 fully saturated rings. The number of ether oxygens (including phenoxy) is 1. The van der Waals surface area contributed by atoms with Crippen molar-refractivity contribution in [3.05, 3.63) is 66.2 Å². The fraction of sp³-hybridized carbons (Fsp3) is 0.346. The minimum absolute atomic E-state index is 0.0579. The molecule has 3 aromatic rings. The second-order valence-electron chi connectivity index (χ2n) is 9.33. The normalized spacial score (nSPS) is 19.7. The predicted octanol–water partition coefficient (Wildman–Crippen LogP) is 4.62. The standard InChI is InChI=1S/C26H25F4N5O3/c1-16(36)31-12-20-15-34(25(37)38-20)18-6-7-24(23(27)10-18)33-9-8-19(14-33)35-13-17(11-32-35)21-4-2-3-5-22(21)26(28,29)30/h2-7,10-11,13,19-20H,8-9,12,14-15H2,1H3,(H,31,36)/t19?,20-/m0/s1. The van der Waals surface area contributed by atoms with E-state index in [1.807, 2.05) is 4.90 Å². The third kappa shape index (κ3) is 5.15. The summed E-state index contributed by atoms with van der Waals surface area (Å²) in [7, 11) is 0. The van der Waals surface area contributed by atoms with Gasteiger partial charge in [-0.2, -0.15) is 18.3 Å². The van der Waals surface area contributed by atoms with Crippen LogP contribution in [0.1, 0.15) is 24.9 Å². The van der Waals surface area contributed by atoms with Crippen LogP contribution in [0.2, 0.25) is 0 Å². The number of anilines is 2. The van der Waals surface area contributed by atoms with Gasteiger partial charge in [0.25, 0.3) is 0 Å². The summed E-state index contributed by atoms with van der Waals surface area (Å²) in [6.45, 7) is 2.67. The molecule has 3 heterocycles. The summed E-state index contributed by atoms with van der Waals surface area (Å²) >= 11 is 0. The Labute approximate surface area is 215 Å². The lowest BCUT2D eigenvalue weighted by Crippen LogP contribution is -2.33. The third-order valence-electron chi connectivity index (χ3n) is 6.72. The van der Waals surface area contributed by atoms with Gasteiger partial charge in [0.05, 0.1) is 42.3 Å². The van der Waals surface area contributed by atoms with E-state index in [0.29, 0.717) is 36.4 Å². The van der Waals surface area contributed by atoms with Crippen LogP contribution in [0.15, 0.2) is 54.9 Å². The van der Waals surface area contributed by atoms with Gasteiger partial charge >= 0.3 is 12.3 Å². The van der Waals surface area contributed by atoms with Crippen LogP contribution in [-0.4, -0.2) is 54.1 Å². The number of carbonyl (C=O) groups is 2. The SMILES string of the molecule is CC(=O)NC[C@H]1CN(c2ccc(N3CCC(n4cc(-c5ccccc5C(F)(F)F)cn4)C3)c(F)c2)C(=O)O1. The smallest absolute Gasteiger partial charge is 0.417 e. The maximum Gasteiger partial charge on any atom is 0.417 e. The summed E-state index contributed by atoms with van der Waals surface area (Å²) in [5, 5.41) is 6.90. The lowest BCUT2D eigenvalue weighted by Gasteiger charge is -2.21. The lowest BCUT2D eigenvalue weighted by atomic mass is 10.0. The van der Waals surface area contributed by atoms with Crippen molar-refractivity contribution in [1.82, 2.24) is 15.1 Å². The van der Waals surface area contributed by atoms with Gasteiger partial charge in [0.2, 0.25) is 5.91 Å². The molecule has 2 aliphatic heterocycles. The van der Waals surface area contributed by atoms with Crippen molar-refractivity contribution in [1.29, 1.82) is 0 Å². The molecule has 2 aliphatic rings. The number of nitrogens with one attached hydrogen (secondary N) is 1. The first-order chi connectivity index (χ1) is 18.1. The van der Waals surface area contributed by atoms with Gasteiger partial charge in [-0.15, -0.1) is 0 Å². The third-order valence-corrected chi connectivity index (χ3v) is 6.72. The van der Waals surface area contributed by atoms with E-state index in [1.165, 1.54) is 36.2 Å². The van der Waals surface area contributed by atoms with Gasteiger partial charge in [-0.25, -0.2) is 9.18 Å². The van der Waals surface area contributed by atoms with E-state index in [1.54, 1.807) is 29.1 Å². The zero-order valence-corrected chi connectivity index (χ0v) is 20.4. The Hall–Kier alpha value is -4.09. The molecule has 1 aromatic heterocycles. The van der Waals surface area contributed by atoms with Crippen LogP contribution in [0.5, 0.6) is 0 Å². The summed E-state index contributed by atoms with van der Waals surface area (Å²) in [6.07, 6.45) is -1.99. The molecule has 2 amide bonds. The molecule has 2 saturated heterocycles. The number of hydrogen-bond acceptors (Lipinski definition) is 5. The Morgan fingerprint density at radius 1 is 1.18 bits per heavy atom. The second kappa shape index (κ2) is 9.99. The quantitative estimate of drug-likeness (QED) is 0.470. The summed E-state index contributed by atoms with van der Waals surface area (Å²) in [6, 6.07) is 9.71. The summed E-state index contributed by atoms with van der Waals surface area (Å²) in [4.78, 5) is 26.5. The van der Waals surface area contributed by atoms with E-state index < -0.39 is 29.8 Å². The molecule has 5 rings (SSSR count). The van der Waals surface area contributed by atoms with Gasteiger partial charge < -0.3 is 15.0 Å². The molecule has 2 aromatic carbocycles. The molecule has 0 aliphatic carbocycles.